The minimum absolute atomic E-state index is 0.00821. The highest BCUT2D eigenvalue weighted by atomic mass is 16.2. The Labute approximate surface area is 142 Å². The van der Waals surface area contributed by atoms with Crippen molar-refractivity contribution < 1.29 is 9.59 Å². The Bertz CT molecular complexity index is 611. The Hall–Kier alpha value is -1.92. The molecule has 24 heavy (non-hydrogen) atoms. The van der Waals surface area contributed by atoms with Gasteiger partial charge in [0.25, 0.3) is 0 Å². The van der Waals surface area contributed by atoms with Crippen LogP contribution in [0.25, 0.3) is 0 Å². The van der Waals surface area contributed by atoms with Crippen molar-refractivity contribution in [3.8, 4) is 0 Å². The van der Waals surface area contributed by atoms with Gasteiger partial charge in [0.1, 0.15) is 6.54 Å². The molecule has 0 bridgehead atoms. The Morgan fingerprint density at radius 1 is 1.12 bits per heavy atom. The molecule has 0 unspecified atom stereocenters. The Kier molecular flexibility index (Phi) is 4.02. The first-order valence-electron chi connectivity index (χ1n) is 9.11. The summed E-state index contributed by atoms with van der Waals surface area (Å²) in [5.41, 5.74) is -0.339. The minimum atomic E-state index is -0.339. The van der Waals surface area contributed by atoms with Gasteiger partial charge in [-0.25, -0.2) is 0 Å². The standard InChI is InChI=1S/C17H25N5O2/c23-15(12-22-18-8-9-19-22)20-11-7-17(13-20)6-3-10-21(16(17)24)14-4-1-2-5-14/h8-9,14H,1-7,10-13H2/t17-/m1/s1. The Morgan fingerprint density at radius 3 is 2.62 bits per heavy atom. The topological polar surface area (TPSA) is 71.3 Å². The van der Waals surface area contributed by atoms with Gasteiger partial charge < -0.3 is 9.80 Å². The van der Waals surface area contributed by atoms with E-state index in [1.165, 1.54) is 17.6 Å². The minimum Gasteiger partial charge on any atom is -0.340 e. The third-order valence-electron chi connectivity index (χ3n) is 5.98. The maximum atomic E-state index is 13.2. The van der Waals surface area contributed by atoms with Crippen LogP contribution in [0.1, 0.15) is 44.9 Å². The van der Waals surface area contributed by atoms with E-state index in [0.29, 0.717) is 25.0 Å². The van der Waals surface area contributed by atoms with Crippen LogP contribution in [0, 0.1) is 5.41 Å². The van der Waals surface area contributed by atoms with Crippen molar-refractivity contribution in [1.29, 1.82) is 0 Å². The first-order chi connectivity index (χ1) is 11.7. The second-order valence-electron chi connectivity index (χ2n) is 7.45. The van der Waals surface area contributed by atoms with Gasteiger partial charge >= 0.3 is 0 Å². The third-order valence-corrected chi connectivity index (χ3v) is 5.98. The molecule has 0 N–H and O–H groups in total. The van der Waals surface area contributed by atoms with E-state index >= 15 is 0 Å². The number of likely N-dealkylation sites (tertiary alicyclic amines) is 2. The van der Waals surface area contributed by atoms with Gasteiger partial charge in [-0.05, 0) is 32.1 Å². The summed E-state index contributed by atoms with van der Waals surface area (Å²) < 4.78 is 0. The SMILES string of the molecule is O=C(Cn1nccn1)N1CC[C@]2(CCCN(C3CCCC3)C2=O)C1. The molecule has 2 saturated heterocycles. The first-order valence-corrected chi connectivity index (χ1v) is 9.11. The Morgan fingerprint density at radius 2 is 1.88 bits per heavy atom. The van der Waals surface area contributed by atoms with E-state index in [1.807, 2.05) is 4.90 Å². The molecule has 1 aromatic heterocycles. The van der Waals surface area contributed by atoms with E-state index in [9.17, 15) is 9.59 Å². The molecule has 0 aromatic carbocycles. The second-order valence-corrected chi connectivity index (χ2v) is 7.45. The maximum absolute atomic E-state index is 13.2. The smallest absolute Gasteiger partial charge is 0.246 e. The van der Waals surface area contributed by atoms with E-state index in [0.717, 1.165) is 38.6 Å². The number of nitrogens with zero attached hydrogens (tertiary/aromatic N) is 5. The summed E-state index contributed by atoms with van der Waals surface area (Å²) in [6, 6.07) is 0.438. The molecule has 7 nitrogen and oxygen atoms in total. The number of aromatic nitrogens is 3. The van der Waals surface area contributed by atoms with Crippen LogP contribution in [0.15, 0.2) is 12.4 Å². The molecule has 3 fully saturated rings. The lowest BCUT2D eigenvalue weighted by Gasteiger charge is -2.42. The van der Waals surface area contributed by atoms with Gasteiger partial charge in [0.05, 0.1) is 17.8 Å². The predicted molar refractivity (Wildman–Crippen MR) is 86.9 cm³/mol. The largest absolute Gasteiger partial charge is 0.340 e. The zero-order valence-corrected chi connectivity index (χ0v) is 14.1. The van der Waals surface area contributed by atoms with Gasteiger partial charge in [-0.15, -0.1) is 0 Å². The van der Waals surface area contributed by atoms with Crippen LogP contribution in [0.4, 0.5) is 0 Å². The fraction of sp³-hybridized carbons (Fsp3) is 0.765. The molecule has 7 heteroatoms. The summed E-state index contributed by atoms with van der Waals surface area (Å²) in [6.07, 6.45) is 10.7. The molecule has 2 amide bonds. The van der Waals surface area contributed by atoms with Gasteiger partial charge in [-0.1, -0.05) is 12.8 Å². The van der Waals surface area contributed by atoms with Gasteiger partial charge in [-0.2, -0.15) is 15.0 Å². The molecule has 0 radical (unpaired) electrons. The van der Waals surface area contributed by atoms with Crippen LogP contribution in [-0.4, -0.2) is 62.3 Å². The van der Waals surface area contributed by atoms with Crippen molar-refractivity contribution in [3.05, 3.63) is 12.4 Å². The second kappa shape index (κ2) is 6.18. The summed E-state index contributed by atoms with van der Waals surface area (Å²) in [5, 5.41) is 7.99. The van der Waals surface area contributed by atoms with Crippen molar-refractivity contribution in [3.63, 3.8) is 0 Å². The van der Waals surface area contributed by atoms with Crippen molar-refractivity contribution in [1.82, 2.24) is 24.8 Å². The lowest BCUT2D eigenvalue weighted by molar-refractivity contribution is -0.148. The summed E-state index contributed by atoms with van der Waals surface area (Å²) in [4.78, 5) is 31.0. The molecule has 1 atom stereocenters. The predicted octanol–water partition coefficient (Wildman–Crippen LogP) is 1.06. The molecule has 130 valence electrons. The highest BCUT2D eigenvalue weighted by Crippen LogP contribution is 2.42. The van der Waals surface area contributed by atoms with Gasteiger partial charge in [-0.3, -0.25) is 9.59 Å². The number of carbonyl (C=O) groups excluding carboxylic acids is 2. The number of hydrogen-bond acceptors (Lipinski definition) is 4. The van der Waals surface area contributed by atoms with Crippen molar-refractivity contribution in [2.24, 2.45) is 5.41 Å². The summed E-state index contributed by atoms with van der Waals surface area (Å²) in [7, 11) is 0. The first kappa shape index (κ1) is 15.6. The average Bonchev–Trinajstić information content (AvgIpc) is 3.32. The molecule has 1 aliphatic carbocycles. The van der Waals surface area contributed by atoms with Crippen LogP contribution in [-0.2, 0) is 16.1 Å². The van der Waals surface area contributed by atoms with Gasteiger partial charge in [0.15, 0.2) is 0 Å². The lowest BCUT2D eigenvalue weighted by atomic mass is 9.77. The van der Waals surface area contributed by atoms with E-state index in [1.54, 1.807) is 12.4 Å². The summed E-state index contributed by atoms with van der Waals surface area (Å²) >= 11 is 0. The summed E-state index contributed by atoms with van der Waals surface area (Å²) in [5.74, 6) is 0.307. The normalized spacial score (nSPS) is 28.2. The highest BCUT2D eigenvalue weighted by Gasteiger charge is 2.50. The van der Waals surface area contributed by atoms with Crippen LogP contribution < -0.4 is 0 Å². The van der Waals surface area contributed by atoms with E-state index < -0.39 is 0 Å². The van der Waals surface area contributed by atoms with E-state index in [2.05, 4.69) is 15.1 Å². The van der Waals surface area contributed by atoms with Crippen molar-refractivity contribution in [2.45, 2.75) is 57.5 Å². The summed E-state index contributed by atoms with van der Waals surface area (Å²) in [6.45, 7) is 2.29. The molecule has 1 saturated carbocycles. The lowest BCUT2D eigenvalue weighted by Crippen LogP contribution is -2.53. The zero-order chi connectivity index (χ0) is 16.6. The van der Waals surface area contributed by atoms with Crippen molar-refractivity contribution in [2.75, 3.05) is 19.6 Å². The van der Waals surface area contributed by atoms with Crippen LogP contribution >= 0.6 is 0 Å². The molecular weight excluding hydrogens is 306 g/mol. The molecule has 1 spiro atoms. The van der Waals surface area contributed by atoms with Gasteiger partial charge in [0, 0.05) is 25.7 Å². The van der Waals surface area contributed by atoms with Crippen molar-refractivity contribution >= 4 is 11.8 Å². The Balaban J connectivity index is 1.43. The molecule has 3 aliphatic rings. The maximum Gasteiger partial charge on any atom is 0.246 e. The number of piperidine rings is 1. The highest BCUT2D eigenvalue weighted by molar-refractivity contribution is 5.86. The number of amides is 2. The van der Waals surface area contributed by atoms with Crippen LogP contribution in [0.5, 0.6) is 0 Å². The third kappa shape index (κ3) is 2.70. The molecule has 4 rings (SSSR count). The number of carbonyl (C=O) groups is 2. The molecule has 3 heterocycles. The van der Waals surface area contributed by atoms with E-state index in [-0.39, 0.29) is 17.9 Å². The fourth-order valence-electron chi connectivity index (χ4n) is 4.68. The number of rotatable bonds is 3. The van der Waals surface area contributed by atoms with Gasteiger partial charge in [0.2, 0.25) is 11.8 Å². The van der Waals surface area contributed by atoms with Crippen LogP contribution in [0.3, 0.4) is 0 Å². The quantitative estimate of drug-likeness (QED) is 0.830. The van der Waals surface area contributed by atoms with Crippen LogP contribution in [0.2, 0.25) is 0 Å². The molecule has 1 aromatic rings. The number of hydrogen-bond donors (Lipinski definition) is 0. The zero-order valence-electron chi connectivity index (χ0n) is 14.1. The fourth-order valence-corrected chi connectivity index (χ4v) is 4.68. The van der Waals surface area contributed by atoms with E-state index in [4.69, 9.17) is 0 Å². The molecule has 2 aliphatic heterocycles. The molecular formula is C17H25N5O2. The monoisotopic (exact) mass is 331 g/mol. The average molecular weight is 331 g/mol.